The van der Waals surface area contributed by atoms with Gasteiger partial charge in [-0.1, -0.05) is 0 Å². The Labute approximate surface area is 57.0 Å². The van der Waals surface area contributed by atoms with Gasteiger partial charge in [0, 0.05) is 0 Å². The van der Waals surface area contributed by atoms with Crippen LogP contribution in [-0.2, 0) is 0 Å². The highest BCUT2D eigenvalue weighted by atomic mass is 35.5. The Morgan fingerprint density at radius 1 is 1.44 bits per heavy atom. The van der Waals surface area contributed by atoms with Gasteiger partial charge in [0.05, 0.1) is 0 Å². The highest BCUT2D eigenvalue weighted by molar-refractivity contribution is 6.57. The topological polar surface area (TPSA) is 53.6 Å². The molecule has 9 heavy (non-hydrogen) atoms. The molecular weight excluding hydrogens is 142 g/mol. The van der Waals surface area contributed by atoms with Crippen LogP contribution in [0.5, 0.6) is 0 Å². The first-order chi connectivity index (χ1) is 4.20. The molecule has 0 aliphatic carbocycles. The average molecular weight is 146 g/mol. The SMILES string of the molecule is OB(O)c1ccc(Cl)o1. The quantitative estimate of drug-likeness (QED) is 0.531. The summed E-state index contributed by atoms with van der Waals surface area (Å²) in [7, 11) is -1.57. The molecule has 1 heterocycles. The number of hydrogen-bond donors (Lipinski definition) is 2. The molecule has 0 bridgehead atoms. The van der Waals surface area contributed by atoms with Gasteiger partial charge in [0.2, 0.25) is 0 Å². The van der Waals surface area contributed by atoms with Crippen LogP contribution < -0.4 is 5.66 Å². The molecule has 0 radical (unpaired) electrons. The molecule has 0 spiro atoms. The second-order valence-electron chi connectivity index (χ2n) is 1.52. The van der Waals surface area contributed by atoms with E-state index in [9.17, 15) is 0 Å². The molecule has 0 aliphatic heterocycles. The molecule has 0 atom stereocenters. The molecule has 3 nitrogen and oxygen atoms in total. The molecule has 1 aromatic heterocycles. The van der Waals surface area contributed by atoms with Crippen molar-refractivity contribution in [2.24, 2.45) is 0 Å². The van der Waals surface area contributed by atoms with E-state index in [2.05, 4.69) is 4.42 Å². The second kappa shape index (κ2) is 2.43. The normalized spacial score (nSPS) is 9.67. The molecule has 0 unspecified atom stereocenters. The van der Waals surface area contributed by atoms with Gasteiger partial charge in [-0.3, -0.25) is 0 Å². The first-order valence-electron chi connectivity index (χ1n) is 2.31. The molecule has 1 rings (SSSR count). The van der Waals surface area contributed by atoms with Crippen LogP contribution >= 0.6 is 11.6 Å². The predicted octanol–water partition coefficient (Wildman–Crippen LogP) is -0.387. The third-order valence-corrected chi connectivity index (χ3v) is 1.05. The van der Waals surface area contributed by atoms with Crippen LogP contribution in [0.15, 0.2) is 16.5 Å². The Kier molecular flexibility index (Phi) is 1.80. The lowest BCUT2D eigenvalue weighted by molar-refractivity contribution is 0.409. The Balaban J connectivity index is 2.85. The lowest BCUT2D eigenvalue weighted by Crippen LogP contribution is -2.27. The van der Waals surface area contributed by atoms with Crippen LogP contribution in [0, 0.1) is 0 Å². The summed E-state index contributed by atoms with van der Waals surface area (Å²) in [5.74, 6) is 0. The van der Waals surface area contributed by atoms with E-state index in [1.807, 2.05) is 0 Å². The Morgan fingerprint density at radius 3 is 2.33 bits per heavy atom. The van der Waals surface area contributed by atoms with Gasteiger partial charge in [0.1, 0.15) is 5.66 Å². The lowest BCUT2D eigenvalue weighted by atomic mass is 9.88. The number of furan rings is 1. The number of rotatable bonds is 1. The van der Waals surface area contributed by atoms with Crippen molar-refractivity contribution in [2.45, 2.75) is 0 Å². The standard InChI is InChI=1S/C4H4BClO3/c6-4-2-1-3(9-4)5(7)8/h1-2,7-8H. The monoisotopic (exact) mass is 146 g/mol. The fourth-order valence-electron chi connectivity index (χ4n) is 0.467. The Bertz CT molecular complexity index is 197. The van der Waals surface area contributed by atoms with Crippen LogP contribution in [0.25, 0.3) is 0 Å². The molecule has 5 heteroatoms. The highest BCUT2D eigenvalue weighted by Gasteiger charge is 2.14. The minimum atomic E-state index is -1.57. The average Bonchev–Trinajstić information content (AvgIpc) is 2.14. The third-order valence-electron chi connectivity index (χ3n) is 0.848. The summed E-state index contributed by atoms with van der Waals surface area (Å²) >= 11 is 5.32. The van der Waals surface area contributed by atoms with Crippen molar-refractivity contribution in [3.8, 4) is 0 Å². The van der Waals surface area contributed by atoms with Crippen LogP contribution in [0.2, 0.25) is 5.22 Å². The molecule has 1 aromatic rings. The lowest BCUT2D eigenvalue weighted by Gasteiger charge is -1.87. The van der Waals surface area contributed by atoms with E-state index in [-0.39, 0.29) is 10.9 Å². The summed E-state index contributed by atoms with van der Waals surface area (Å²) in [6.07, 6.45) is 0. The fraction of sp³-hybridized carbons (Fsp3) is 0. The second-order valence-corrected chi connectivity index (χ2v) is 1.89. The van der Waals surface area contributed by atoms with Crippen molar-refractivity contribution in [3.63, 3.8) is 0 Å². The van der Waals surface area contributed by atoms with Gasteiger partial charge < -0.3 is 14.5 Å². The van der Waals surface area contributed by atoms with Gasteiger partial charge in [-0.25, -0.2) is 0 Å². The maximum atomic E-state index is 8.44. The molecule has 0 fully saturated rings. The van der Waals surface area contributed by atoms with Crippen LogP contribution in [0.4, 0.5) is 0 Å². The highest BCUT2D eigenvalue weighted by Crippen LogP contribution is 2.04. The van der Waals surface area contributed by atoms with E-state index < -0.39 is 7.12 Å². The minimum absolute atomic E-state index is 0.0556. The van der Waals surface area contributed by atoms with Crippen LogP contribution in [-0.4, -0.2) is 17.2 Å². The maximum absolute atomic E-state index is 8.44. The number of halogens is 1. The van der Waals surface area contributed by atoms with E-state index in [1.165, 1.54) is 12.1 Å². The molecule has 0 saturated carbocycles. The minimum Gasteiger partial charge on any atom is -0.453 e. The summed E-state index contributed by atoms with van der Waals surface area (Å²) < 4.78 is 4.61. The molecule has 0 saturated heterocycles. The molecular formula is C4H4BClO3. The largest absolute Gasteiger partial charge is 0.526 e. The van der Waals surface area contributed by atoms with E-state index >= 15 is 0 Å². The van der Waals surface area contributed by atoms with Gasteiger partial charge in [-0.15, -0.1) is 0 Å². The van der Waals surface area contributed by atoms with Crippen molar-refractivity contribution >= 4 is 24.4 Å². The summed E-state index contributed by atoms with van der Waals surface area (Å²) in [6.45, 7) is 0. The number of hydrogen-bond acceptors (Lipinski definition) is 3. The summed E-state index contributed by atoms with van der Waals surface area (Å²) in [5.41, 5.74) is 0.0556. The van der Waals surface area contributed by atoms with Crippen LogP contribution in [0.1, 0.15) is 0 Å². The summed E-state index contributed by atoms with van der Waals surface area (Å²) in [5, 5.41) is 17.0. The van der Waals surface area contributed by atoms with E-state index in [0.717, 1.165) is 0 Å². The van der Waals surface area contributed by atoms with Gasteiger partial charge in [0.15, 0.2) is 5.22 Å². The fourth-order valence-corrected chi connectivity index (χ4v) is 0.619. The van der Waals surface area contributed by atoms with Gasteiger partial charge in [0.25, 0.3) is 0 Å². The van der Waals surface area contributed by atoms with E-state index in [0.29, 0.717) is 0 Å². The summed E-state index contributed by atoms with van der Waals surface area (Å²) in [6, 6.07) is 2.84. The van der Waals surface area contributed by atoms with Crippen molar-refractivity contribution in [3.05, 3.63) is 17.4 Å². The molecule has 0 aliphatic rings. The zero-order chi connectivity index (χ0) is 6.85. The van der Waals surface area contributed by atoms with Crippen molar-refractivity contribution in [2.75, 3.05) is 0 Å². The van der Waals surface area contributed by atoms with Gasteiger partial charge in [-0.05, 0) is 23.7 Å². The molecule has 2 N–H and O–H groups in total. The smallest absolute Gasteiger partial charge is 0.453 e. The summed E-state index contributed by atoms with van der Waals surface area (Å²) in [4.78, 5) is 0. The first kappa shape index (κ1) is 6.67. The first-order valence-corrected chi connectivity index (χ1v) is 2.69. The zero-order valence-corrected chi connectivity index (χ0v) is 5.17. The predicted molar refractivity (Wildman–Crippen MR) is 33.5 cm³/mol. The molecule has 48 valence electrons. The molecule has 0 aromatic carbocycles. The van der Waals surface area contributed by atoms with Gasteiger partial charge >= 0.3 is 7.12 Å². The Hall–Kier alpha value is -0.445. The zero-order valence-electron chi connectivity index (χ0n) is 4.41. The van der Waals surface area contributed by atoms with Crippen molar-refractivity contribution in [1.82, 2.24) is 0 Å². The van der Waals surface area contributed by atoms with Crippen molar-refractivity contribution < 1.29 is 14.5 Å². The Morgan fingerprint density at radius 2 is 2.11 bits per heavy atom. The third kappa shape index (κ3) is 1.48. The molecule has 0 amide bonds. The maximum Gasteiger partial charge on any atom is 0.526 e. The van der Waals surface area contributed by atoms with E-state index in [4.69, 9.17) is 21.6 Å². The van der Waals surface area contributed by atoms with Crippen LogP contribution in [0.3, 0.4) is 0 Å². The van der Waals surface area contributed by atoms with Gasteiger partial charge in [-0.2, -0.15) is 0 Å². The van der Waals surface area contributed by atoms with E-state index in [1.54, 1.807) is 0 Å². The van der Waals surface area contributed by atoms with Crippen molar-refractivity contribution in [1.29, 1.82) is 0 Å².